The molecule has 0 bridgehead atoms. The molecular formula is C13H20N2O2. The van der Waals surface area contributed by atoms with E-state index in [4.69, 9.17) is 5.73 Å². The van der Waals surface area contributed by atoms with Crippen molar-refractivity contribution in [2.45, 2.75) is 19.8 Å². The molecule has 0 aliphatic rings. The highest BCUT2D eigenvalue weighted by molar-refractivity contribution is 5.94. The van der Waals surface area contributed by atoms with E-state index in [-0.39, 0.29) is 11.7 Å². The van der Waals surface area contributed by atoms with Crippen LogP contribution in [0.1, 0.15) is 30.1 Å². The minimum atomic E-state index is -0.152. The Balaban J connectivity index is 2.30. The highest BCUT2D eigenvalue weighted by Gasteiger charge is 2.05. The highest BCUT2D eigenvalue weighted by Crippen LogP contribution is 2.10. The van der Waals surface area contributed by atoms with Crippen LogP contribution >= 0.6 is 0 Å². The molecule has 0 fully saturated rings. The maximum atomic E-state index is 11.7. The third-order valence-corrected chi connectivity index (χ3v) is 2.67. The number of hydrogen-bond acceptors (Lipinski definition) is 3. The molecule has 1 amide bonds. The molecule has 0 saturated carbocycles. The SMILES string of the molecule is CC(CN)CCCNC(=O)c1cccc(O)c1. The van der Waals surface area contributed by atoms with Crippen LogP contribution in [0.4, 0.5) is 0 Å². The third-order valence-electron chi connectivity index (χ3n) is 2.67. The third kappa shape index (κ3) is 4.87. The molecule has 1 aromatic rings. The average Bonchev–Trinajstić information content (AvgIpc) is 2.34. The van der Waals surface area contributed by atoms with Gasteiger partial charge in [-0.2, -0.15) is 0 Å². The molecule has 0 heterocycles. The van der Waals surface area contributed by atoms with E-state index < -0.39 is 0 Å². The fourth-order valence-electron chi connectivity index (χ4n) is 1.52. The number of hydrogen-bond donors (Lipinski definition) is 3. The smallest absolute Gasteiger partial charge is 0.251 e. The van der Waals surface area contributed by atoms with Gasteiger partial charge in [0.05, 0.1) is 0 Å². The van der Waals surface area contributed by atoms with E-state index in [1.165, 1.54) is 6.07 Å². The van der Waals surface area contributed by atoms with Gasteiger partial charge in [0.15, 0.2) is 0 Å². The zero-order valence-corrected chi connectivity index (χ0v) is 10.1. The lowest BCUT2D eigenvalue weighted by Crippen LogP contribution is -2.25. The van der Waals surface area contributed by atoms with Gasteiger partial charge < -0.3 is 16.2 Å². The molecule has 94 valence electrons. The standard InChI is InChI=1S/C13H20N2O2/c1-10(9-14)4-3-7-15-13(17)11-5-2-6-12(16)8-11/h2,5-6,8,10,16H,3-4,7,9,14H2,1H3,(H,15,17). The van der Waals surface area contributed by atoms with Gasteiger partial charge in [-0.05, 0) is 43.5 Å². The van der Waals surface area contributed by atoms with Crippen molar-refractivity contribution in [2.24, 2.45) is 11.7 Å². The Bertz CT molecular complexity index is 366. The first-order valence-corrected chi connectivity index (χ1v) is 5.90. The van der Waals surface area contributed by atoms with Crippen LogP contribution in [0, 0.1) is 5.92 Å². The summed E-state index contributed by atoms with van der Waals surface area (Å²) in [4.78, 5) is 11.7. The molecule has 0 spiro atoms. The quantitative estimate of drug-likeness (QED) is 0.655. The predicted octanol–water partition coefficient (Wildman–Crippen LogP) is 1.50. The monoisotopic (exact) mass is 236 g/mol. The number of rotatable bonds is 6. The minimum absolute atomic E-state index is 0.106. The van der Waals surface area contributed by atoms with Crippen molar-refractivity contribution in [2.75, 3.05) is 13.1 Å². The second-order valence-electron chi connectivity index (χ2n) is 4.29. The normalized spacial score (nSPS) is 12.1. The van der Waals surface area contributed by atoms with E-state index in [1.807, 2.05) is 0 Å². The van der Waals surface area contributed by atoms with Gasteiger partial charge in [0.1, 0.15) is 5.75 Å². The number of nitrogens with one attached hydrogen (secondary N) is 1. The van der Waals surface area contributed by atoms with Crippen LogP contribution in [0.2, 0.25) is 0 Å². The molecule has 0 radical (unpaired) electrons. The lowest BCUT2D eigenvalue weighted by Gasteiger charge is -2.09. The first-order chi connectivity index (χ1) is 8.13. The predicted molar refractivity (Wildman–Crippen MR) is 67.9 cm³/mol. The van der Waals surface area contributed by atoms with E-state index in [9.17, 15) is 9.90 Å². The number of carbonyl (C=O) groups is 1. The van der Waals surface area contributed by atoms with E-state index >= 15 is 0 Å². The lowest BCUT2D eigenvalue weighted by molar-refractivity contribution is 0.0952. The maximum Gasteiger partial charge on any atom is 0.251 e. The van der Waals surface area contributed by atoms with Crippen molar-refractivity contribution in [1.29, 1.82) is 0 Å². The minimum Gasteiger partial charge on any atom is -0.508 e. The number of aromatic hydroxyl groups is 1. The van der Waals surface area contributed by atoms with Crippen molar-refractivity contribution < 1.29 is 9.90 Å². The summed E-state index contributed by atoms with van der Waals surface area (Å²) < 4.78 is 0. The Morgan fingerprint density at radius 3 is 2.94 bits per heavy atom. The molecule has 4 heteroatoms. The van der Waals surface area contributed by atoms with Crippen LogP contribution in [0.3, 0.4) is 0 Å². The van der Waals surface area contributed by atoms with Gasteiger partial charge in [-0.25, -0.2) is 0 Å². The van der Waals surface area contributed by atoms with Crippen molar-refractivity contribution in [3.05, 3.63) is 29.8 Å². The number of amides is 1. The lowest BCUT2D eigenvalue weighted by atomic mass is 10.1. The summed E-state index contributed by atoms with van der Waals surface area (Å²) in [7, 11) is 0. The van der Waals surface area contributed by atoms with Gasteiger partial charge in [0.25, 0.3) is 5.91 Å². The van der Waals surface area contributed by atoms with E-state index in [2.05, 4.69) is 12.2 Å². The van der Waals surface area contributed by atoms with Crippen LogP contribution in [-0.4, -0.2) is 24.1 Å². The van der Waals surface area contributed by atoms with Crippen LogP contribution in [-0.2, 0) is 0 Å². The van der Waals surface area contributed by atoms with Gasteiger partial charge in [0, 0.05) is 12.1 Å². The average molecular weight is 236 g/mol. The summed E-state index contributed by atoms with van der Waals surface area (Å²) in [6, 6.07) is 6.33. The van der Waals surface area contributed by atoms with Crippen molar-refractivity contribution in [1.82, 2.24) is 5.32 Å². The van der Waals surface area contributed by atoms with Gasteiger partial charge in [0.2, 0.25) is 0 Å². The first kappa shape index (κ1) is 13.5. The molecule has 0 aliphatic heterocycles. The summed E-state index contributed by atoms with van der Waals surface area (Å²) in [6.45, 7) is 3.41. The molecule has 4 nitrogen and oxygen atoms in total. The molecule has 0 aliphatic carbocycles. The second kappa shape index (κ2) is 6.91. The van der Waals surface area contributed by atoms with E-state index in [1.54, 1.807) is 18.2 Å². The Morgan fingerprint density at radius 1 is 1.53 bits per heavy atom. The van der Waals surface area contributed by atoms with Gasteiger partial charge in [-0.15, -0.1) is 0 Å². The Morgan fingerprint density at radius 2 is 2.29 bits per heavy atom. The topological polar surface area (TPSA) is 75.3 Å². The molecule has 1 rings (SSSR count). The number of carbonyl (C=O) groups excluding carboxylic acids is 1. The zero-order chi connectivity index (χ0) is 12.7. The Kier molecular flexibility index (Phi) is 5.49. The number of benzene rings is 1. The summed E-state index contributed by atoms with van der Waals surface area (Å²) in [5, 5.41) is 12.1. The van der Waals surface area contributed by atoms with Crippen molar-refractivity contribution in [3.8, 4) is 5.75 Å². The van der Waals surface area contributed by atoms with Crippen LogP contribution in [0.25, 0.3) is 0 Å². The van der Waals surface area contributed by atoms with Gasteiger partial charge in [-0.3, -0.25) is 4.79 Å². The van der Waals surface area contributed by atoms with Crippen LogP contribution in [0.15, 0.2) is 24.3 Å². The molecule has 0 aromatic heterocycles. The summed E-state index contributed by atoms with van der Waals surface area (Å²) in [5.74, 6) is 0.448. The summed E-state index contributed by atoms with van der Waals surface area (Å²) >= 11 is 0. The van der Waals surface area contributed by atoms with Crippen LogP contribution < -0.4 is 11.1 Å². The fraction of sp³-hybridized carbons (Fsp3) is 0.462. The molecule has 1 atom stereocenters. The van der Waals surface area contributed by atoms with Gasteiger partial charge >= 0.3 is 0 Å². The summed E-state index contributed by atoms with van der Waals surface area (Å²) in [5.41, 5.74) is 5.99. The first-order valence-electron chi connectivity index (χ1n) is 5.90. The van der Waals surface area contributed by atoms with E-state index in [0.29, 0.717) is 24.6 Å². The summed E-state index contributed by atoms with van der Waals surface area (Å²) in [6.07, 6.45) is 1.93. The van der Waals surface area contributed by atoms with Crippen molar-refractivity contribution in [3.63, 3.8) is 0 Å². The van der Waals surface area contributed by atoms with E-state index in [0.717, 1.165) is 12.8 Å². The Hall–Kier alpha value is -1.55. The zero-order valence-electron chi connectivity index (χ0n) is 10.1. The highest BCUT2D eigenvalue weighted by atomic mass is 16.3. The molecule has 1 unspecified atom stereocenters. The second-order valence-corrected chi connectivity index (χ2v) is 4.29. The molecular weight excluding hydrogens is 216 g/mol. The van der Waals surface area contributed by atoms with Crippen molar-refractivity contribution >= 4 is 5.91 Å². The number of nitrogens with two attached hydrogens (primary N) is 1. The van der Waals surface area contributed by atoms with Crippen LogP contribution in [0.5, 0.6) is 5.75 Å². The number of phenols is 1. The van der Waals surface area contributed by atoms with Gasteiger partial charge in [-0.1, -0.05) is 13.0 Å². The Labute approximate surface area is 102 Å². The maximum absolute atomic E-state index is 11.7. The molecule has 0 saturated heterocycles. The largest absolute Gasteiger partial charge is 0.508 e. The molecule has 4 N–H and O–H groups in total. The molecule has 17 heavy (non-hydrogen) atoms. The molecule has 1 aromatic carbocycles. The number of phenolic OH excluding ortho intramolecular Hbond substituents is 1. The fourth-order valence-corrected chi connectivity index (χ4v) is 1.52.